The molecule has 100 valence electrons. The Balaban J connectivity index is 1.73. The predicted octanol–water partition coefficient (Wildman–Crippen LogP) is 2.88. The molecule has 0 bridgehead atoms. The first-order valence-corrected chi connectivity index (χ1v) is 6.94. The van der Waals surface area contributed by atoms with Crippen molar-refractivity contribution >= 4 is 11.5 Å². The Morgan fingerprint density at radius 2 is 2.33 bits per heavy atom. The van der Waals surface area contributed by atoms with Gasteiger partial charge in [0.25, 0.3) is 0 Å². The molecule has 18 heavy (non-hydrogen) atoms. The number of nitrogens with zero attached hydrogens (tertiary/aromatic N) is 1. The standard InChI is InChI=1S/C14H23N3O/c1-2-15-14-11-12(6-8-17-14)16-9-7-13-5-3-4-10-18-13/h6,8,11,13H,2-5,7,9-10H2,1H3,(H2,15,16,17). The summed E-state index contributed by atoms with van der Waals surface area (Å²) in [4.78, 5) is 4.25. The van der Waals surface area contributed by atoms with Crippen LogP contribution < -0.4 is 10.6 Å². The average molecular weight is 249 g/mol. The van der Waals surface area contributed by atoms with Crippen molar-refractivity contribution in [2.24, 2.45) is 0 Å². The molecular formula is C14H23N3O. The molecule has 0 aliphatic carbocycles. The van der Waals surface area contributed by atoms with E-state index >= 15 is 0 Å². The summed E-state index contributed by atoms with van der Waals surface area (Å²) in [7, 11) is 0. The quantitative estimate of drug-likeness (QED) is 0.814. The van der Waals surface area contributed by atoms with Crippen molar-refractivity contribution in [2.75, 3.05) is 30.3 Å². The third-order valence-corrected chi connectivity index (χ3v) is 3.19. The minimum Gasteiger partial charge on any atom is -0.385 e. The first kappa shape index (κ1) is 13.1. The second-order valence-corrected chi connectivity index (χ2v) is 4.66. The fraction of sp³-hybridized carbons (Fsp3) is 0.643. The molecule has 4 nitrogen and oxygen atoms in total. The number of anilines is 2. The third kappa shape index (κ3) is 4.18. The fourth-order valence-electron chi connectivity index (χ4n) is 2.23. The molecule has 0 saturated carbocycles. The van der Waals surface area contributed by atoms with E-state index in [-0.39, 0.29) is 0 Å². The summed E-state index contributed by atoms with van der Waals surface area (Å²) in [5.41, 5.74) is 1.12. The van der Waals surface area contributed by atoms with E-state index in [4.69, 9.17) is 4.74 Å². The van der Waals surface area contributed by atoms with Crippen molar-refractivity contribution < 1.29 is 4.74 Å². The third-order valence-electron chi connectivity index (χ3n) is 3.19. The molecule has 2 heterocycles. The number of pyridine rings is 1. The summed E-state index contributed by atoms with van der Waals surface area (Å²) in [6.07, 6.45) is 7.10. The predicted molar refractivity (Wildman–Crippen MR) is 75.1 cm³/mol. The Kier molecular flexibility index (Phi) is 5.27. The van der Waals surface area contributed by atoms with Gasteiger partial charge in [0.05, 0.1) is 6.10 Å². The van der Waals surface area contributed by atoms with Gasteiger partial charge in [-0.1, -0.05) is 0 Å². The summed E-state index contributed by atoms with van der Waals surface area (Å²) < 4.78 is 5.71. The van der Waals surface area contributed by atoms with Gasteiger partial charge in [0, 0.05) is 37.6 Å². The van der Waals surface area contributed by atoms with Gasteiger partial charge in [-0.15, -0.1) is 0 Å². The van der Waals surface area contributed by atoms with E-state index in [0.29, 0.717) is 6.10 Å². The molecular weight excluding hydrogens is 226 g/mol. The second-order valence-electron chi connectivity index (χ2n) is 4.66. The number of aromatic nitrogens is 1. The molecule has 1 aliphatic rings. The van der Waals surface area contributed by atoms with Crippen LogP contribution in [0.4, 0.5) is 11.5 Å². The zero-order valence-corrected chi connectivity index (χ0v) is 11.1. The molecule has 1 saturated heterocycles. The van der Waals surface area contributed by atoms with Gasteiger partial charge in [-0.2, -0.15) is 0 Å². The number of hydrogen-bond donors (Lipinski definition) is 2. The molecule has 1 atom stereocenters. The van der Waals surface area contributed by atoms with Crippen LogP contribution in [0.5, 0.6) is 0 Å². The Morgan fingerprint density at radius 1 is 1.39 bits per heavy atom. The maximum atomic E-state index is 5.71. The lowest BCUT2D eigenvalue weighted by Crippen LogP contribution is -2.22. The monoisotopic (exact) mass is 249 g/mol. The lowest BCUT2D eigenvalue weighted by atomic mass is 10.1. The van der Waals surface area contributed by atoms with E-state index in [9.17, 15) is 0 Å². The highest BCUT2D eigenvalue weighted by Crippen LogP contribution is 2.16. The van der Waals surface area contributed by atoms with E-state index in [0.717, 1.165) is 37.6 Å². The van der Waals surface area contributed by atoms with E-state index in [1.54, 1.807) is 0 Å². The van der Waals surface area contributed by atoms with Crippen molar-refractivity contribution in [3.8, 4) is 0 Å². The molecule has 0 radical (unpaired) electrons. The van der Waals surface area contributed by atoms with Crippen molar-refractivity contribution in [3.05, 3.63) is 18.3 Å². The smallest absolute Gasteiger partial charge is 0.127 e. The van der Waals surface area contributed by atoms with Gasteiger partial charge in [0.2, 0.25) is 0 Å². The van der Waals surface area contributed by atoms with E-state index in [1.807, 2.05) is 18.3 Å². The van der Waals surface area contributed by atoms with E-state index in [1.165, 1.54) is 19.3 Å². The van der Waals surface area contributed by atoms with Gasteiger partial charge in [0.1, 0.15) is 5.82 Å². The van der Waals surface area contributed by atoms with Gasteiger partial charge in [-0.05, 0) is 38.7 Å². The summed E-state index contributed by atoms with van der Waals surface area (Å²) >= 11 is 0. The Labute approximate surface area is 109 Å². The van der Waals surface area contributed by atoms with E-state index < -0.39 is 0 Å². The molecule has 2 N–H and O–H groups in total. The lowest BCUT2D eigenvalue weighted by molar-refractivity contribution is 0.0134. The van der Waals surface area contributed by atoms with Crippen molar-refractivity contribution in [2.45, 2.75) is 38.7 Å². The van der Waals surface area contributed by atoms with Crippen molar-refractivity contribution in [1.82, 2.24) is 4.98 Å². The molecule has 1 aromatic rings. The molecule has 0 spiro atoms. The SMILES string of the molecule is CCNc1cc(NCCC2CCCCO2)ccn1. The molecule has 0 amide bonds. The summed E-state index contributed by atoms with van der Waals surface area (Å²) in [5.74, 6) is 0.927. The molecule has 1 unspecified atom stereocenters. The van der Waals surface area contributed by atoms with Gasteiger partial charge < -0.3 is 15.4 Å². The molecule has 1 fully saturated rings. The Bertz CT molecular complexity index is 351. The molecule has 4 heteroatoms. The van der Waals surface area contributed by atoms with Gasteiger partial charge in [-0.25, -0.2) is 4.98 Å². The molecule has 0 aromatic carbocycles. The molecule has 1 aromatic heterocycles. The first-order valence-electron chi connectivity index (χ1n) is 6.94. The molecule has 2 rings (SSSR count). The Morgan fingerprint density at radius 3 is 3.11 bits per heavy atom. The summed E-state index contributed by atoms with van der Waals surface area (Å²) in [6, 6.07) is 4.05. The highest BCUT2D eigenvalue weighted by atomic mass is 16.5. The normalized spacial score (nSPS) is 19.5. The lowest BCUT2D eigenvalue weighted by Gasteiger charge is -2.22. The van der Waals surface area contributed by atoms with Crippen molar-refractivity contribution in [3.63, 3.8) is 0 Å². The zero-order chi connectivity index (χ0) is 12.6. The van der Waals surface area contributed by atoms with Gasteiger partial charge in [-0.3, -0.25) is 0 Å². The van der Waals surface area contributed by atoms with Crippen LogP contribution in [0.15, 0.2) is 18.3 Å². The van der Waals surface area contributed by atoms with Crippen LogP contribution in [0.25, 0.3) is 0 Å². The number of nitrogens with one attached hydrogen (secondary N) is 2. The van der Waals surface area contributed by atoms with Crippen LogP contribution in [0.1, 0.15) is 32.6 Å². The highest BCUT2D eigenvalue weighted by Gasteiger charge is 2.12. The fourth-order valence-corrected chi connectivity index (χ4v) is 2.23. The topological polar surface area (TPSA) is 46.2 Å². The van der Waals surface area contributed by atoms with Crippen LogP contribution in [0, 0.1) is 0 Å². The maximum absolute atomic E-state index is 5.71. The highest BCUT2D eigenvalue weighted by molar-refractivity contribution is 5.51. The van der Waals surface area contributed by atoms with Crippen LogP contribution in [0.3, 0.4) is 0 Å². The van der Waals surface area contributed by atoms with Crippen LogP contribution in [-0.4, -0.2) is 30.8 Å². The van der Waals surface area contributed by atoms with Crippen LogP contribution >= 0.6 is 0 Å². The average Bonchev–Trinajstić information content (AvgIpc) is 2.41. The van der Waals surface area contributed by atoms with Crippen LogP contribution in [-0.2, 0) is 4.74 Å². The summed E-state index contributed by atoms with van der Waals surface area (Å²) in [5, 5.41) is 6.64. The van der Waals surface area contributed by atoms with Crippen LogP contribution in [0.2, 0.25) is 0 Å². The molecule has 1 aliphatic heterocycles. The number of hydrogen-bond acceptors (Lipinski definition) is 4. The minimum absolute atomic E-state index is 0.446. The Hall–Kier alpha value is -1.29. The largest absolute Gasteiger partial charge is 0.385 e. The summed E-state index contributed by atoms with van der Waals surface area (Å²) in [6.45, 7) is 4.86. The van der Waals surface area contributed by atoms with Crippen molar-refractivity contribution in [1.29, 1.82) is 0 Å². The number of rotatable bonds is 6. The second kappa shape index (κ2) is 7.21. The minimum atomic E-state index is 0.446. The maximum Gasteiger partial charge on any atom is 0.127 e. The zero-order valence-electron chi connectivity index (χ0n) is 11.1. The van der Waals surface area contributed by atoms with Gasteiger partial charge >= 0.3 is 0 Å². The van der Waals surface area contributed by atoms with Gasteiger partial charge in [0.15, 0.2) is 0 Å². The van der Waals surface area contributed by atoms with E-state index in [2.05, 4.69) is 22.5 Å². The first-order chi connectivity index (χ1) is 8.88. The number of ether oxygens (including phenoxy) is 1.